The van der Waals surface area contributed by atoms with E-state index in [1.54, 1.807) is 0 Å². The lowest BCUT2D eigenvalue weighted by Crippen LogP contribution is -2.11. The van der Waals surface area contributed by atoms with Crippen LogP contribution in [0.2, 0.25) is 12.6 Å². The van der Waals surface area contributed by atoms with Crippen molar-refractivity contribution in [3.05, 3.63) is 0 Å². The van der Waals surface area contributed by atoms with E-state index in [1.807, 2.05) is 6.55 Å². The van der Waals surface area contributed by atoms with Gasteiger partial charge in [-0.2, -0.15) is 0 Å². The third-order valence-electron chi connectivity index (χ3n) is 9.75. The van der Waals surface area contributed by atoms with Gasteiger partial charge in [0.2, 0.25) is 6.69 Å². The number of alkyl halides is 1. The first-order valence-corrected chi connectivity index (χ1v) is 26.8. The Morgan fingerprint density at radius 3 is 0.545 bits per heavy atom. The molecule has 0 aromatic rings. The molecule has 0 rings (SSSR count). The standard InChI is InChI=1S/C40H81Cl2ISi/c1-44(41,42)40-38-36-34-32-30-28-26-24-22-20-18-16-14-12-10-8-6-4-2-3-5-7-9-11-13-15-17-19-21-23-25-27-29-31-33-35-37-39-43/h2-40H2,1H3. The summed E-state index contributed by atoms with van der Waals surface area (Å²) in [6.07, 6.45) is 54.1. The van der Waals surface area contributed by atoms with Gasteiger partial charge >= 0.3 is 0 Å². The fraction of sp³-hybridized carbons (Fsp3) is 1.00. The minimum atomic E-state index is -1.84. The molecule has 266 valence electrons. The van der Waals surface area contributed by atoms with Gasteiger partial charge in [-0.25, -0.2) is 0 Å². The first-order valence-electron chi connectivity index (χ1n) is 20.5. The molecule has 0 aromatic carbocycles. The molecule has 0 fully saturated rings. The van der Waals surface area contributed by atoms with Crippen molar-refractivity contribution in [2.24, 2.45) is 0 Å². The Morgan fingerprint density at radius 2 is 0.409 bits per heavy atom. The summed E-state index contributed by atoms with van der Waals surface area (Å²) in [5.41, 5.74) is 0. The summed E-state index contributed by atoms with van der Waals surface area (Å²) in [5.74, 6) is 0. The van der Waals surface area contributed by atoms with Crippen molar-refractivity contribution < 1.29 is 0 Å². The van der Waals surface area contributed by atoms with Crippen LogP contribution in [0.3, 0.4) is 0 Å². The van der Waals surface area contributed by atoms with E-state index in [4.69, 9.17) is 22.2 Å². The highest BCUT2D eigenvalue weighted by molar-refractivity contribution is 14.1. The van der Waals surface area contributed by atoms with Gasteiger partial charge in [-0.15, -0.1) is 22.2 Å². The van der Waals surface area contributed by atoms with Gasteiger partial charge in [0.05, 0.1) is 0 Å². The summed E-state index contributed by atoms with van der Waals surface area (Å²) in [7, 11) is 0. The Labute approximate surface area is 304 Å². The summed E-state index contributed by atoms with van der Waals surface area (Å²) >= 11 is 14.8. The number of hydrogen-bond acceptors (Lipinski definition) is 0. The van der Waals surface area contributed by atoms with Gasteiger partial charge in [-0.05, 0) is 23.4 Å². The van der Waals surface area contributed by atoms with E-state index in [0.29, 0.717) is 0 Å². The summed E-state index contributed by atoms with van der Waals surface area (Å²) in [4.78, 5) is 0. The SMILES string of the molecule is C[Si](Cl)(Cl)CCCCCCCCCCCCCCCCCCCCCCCCCCCCCCCCCCCCCCCI. The minimum Gasteiger partial charge on any atom is -0.146 e. The maximum absolute atomic E-state index is 6.17. The lowest BCUT2D eigenvalue weighted by Gasteiger charge is -2.09. The topological polar surface area (TPSA) is 0 Å². The minimum absolute atomic E-state index is 1.07. The molecular formula is C40H81Cl2ISi. The average Bonchev–Trinajstić information content (AvgIpc) is 3.00. The second-order valence-corrected chi connectivity index (χ2v) is 23.9. The molecule has 44 heavy (non-hydrogen) atoms. The van der Waals surface area contributed by atoms with E-state index in [2.05, 4.69) is 22.6 Å². The molecule has 0 aliphatic carbocycles. The Morgan fingerprint density at radius 1 is 0.273 bits per heavy atom. The molecule has 0 heterocycles. The molecule has 0 aliphatic heterocycles. The molecule has 0 aliphatic rings. The van der Waals surface area contributed by atoms with Crippen LogP contribution in [0.4, 0.5) is 0 Å². The number of unbranched alkanes of at least 4 members (excludes halogenated alkanes) is 36. The predicted octanol–water partition coefficient (Wildman–Crippen LogP) is 17.4. The Hall–Kier alpha value is 1.53. The second-order valence-electron chi connectivity index (χ2n) is 14.6. The quantitative estimate of drug-likeness (QED) is 0.0191. The van der Waals surface area contributed by atoms with Crippen molar-refractivity contribution in [2.75, 3.05) is 4.43 Å². The fourth-order valence-electron chi connectivity index (χ4n) is 6.72. The summed E-state index contributed by atoms with van der Waals surface area (Å²) < 4.78 is 1.34. The van der Waals surface area contributed by atoms with Crippen molar-refractivity contribution in [3.8, 4) is 0 Å². The maximum Gasteiger partial charge on any atom is 0.248 e. The van der Waals surface area contributed by atoms with Crippen LogP contribution >= 0.6 is 44.7 Å². The van der Waals surface area contributed by atoms with Crippen molar-refractivity contribution in [1.82, 2.24) is 0 Å². The molecule has 0 unspecified atom stereocenters. The highest BCUT2D eigenvalue weighted by Gasteiger charge is 2.19. The molecule has 0 atom stereocenters. The summed E-state index contributed by atoms with van der Waals surface area (Å²) in [6, 6.07) is 1.07. The van der Waals surface area contributed by atoms with Gasteiger partial charge in [-0.3, -0.25) is 0 Å². The molecule has 0 bridgehead atoms. The lowest BCUT2D eigenvalue weighted by atomic mass is 10.0. The van der Waals surface area contributed by atoms with E-state index in [-0.39, 0.29) is 0 Å². The van der Waals surface area contributed by atoms with Gasteiger partial charge in [-0.1, -0.05) is 254 Å². The molecule has 0 spiro atoms. The second kappa shape index (κ2) is 39.0. The summed E-state index contributed by atoms with van der Waals surface area (Å²) in [5, 5.41) is 0. The highest BCUT2D eigenvalue weighted by Crippen LogP contribution is 2.23. The van der Waals surface area contributed by atoms with Crippen LogP contribution in [-0.2, 0) is 0 Å². The Bertz CT molecular complexity index is 510. The lowest BCUT2D eigenvalue weighted by molar-refractivity contribution is 0.510. The van der Waals surface area contributed by atoms with E-state index in [1.165, 1.54) is 242 Å². The van der Waals surface area contributed by atoms with Gasteiger partial charge in [0.25, 0.3) is 0 Å². The van der Waals surface area contributed by atoms with Gasteiger partial charge < -0.3 is 0 Å². The molecule has 0 saturated heterocycles. The molecular weight excluding hydrogens is 706 g/mol. The average molecular weight is 788 g/mol. The van der Waals surface area contributed by atoms with E-state index >= 15 is 0 Å². The molecule has 0 N–H and O–H groups in total. The molecule has 4 heteroatoms. The first-order chi connectivity index (χ1) is 21.6. The van der Waals surface area contributed by atoms with Crippen molar-refractivity contribution in [2.45, 2.75) is 250 Å². The zero-order chi connectivity index (χ0) is 32.1. The van der Waals surface area contributed by atoms with Crippen molar-refractivity contribution in [3.63, 3.8) is 0 Å². The predicted molar refractivity (Wildman–Crippen MR) is 218 cm³/mol. The first kappa shape index (κ1) is 45.5. The summed E-state index contributed by atoms with van der Waals surface area (Å²) in [6.45, 7) is 0.202. The third-order valence-corrected chi connectivity index (χ3v) is 12.9. The van der Waals surface area contributed by atoms with E-state index < -0.39 is 6.69 Å². The number of rotatable bonds is 39. The third kappa shape index (κ3) is 43.5. The monoisotopic (exact) mass is 786 g/mol. The van der Waals surface area contributed by atoms with Gasteiger partial charge in [0.1, 0.15) is 0 Å². The van der Waals surface area contributed by atoms with Crippen LogP contribution in [0.15, 0.2) is 0 Å². The van der Waals surface area contributed by atoms with Gasteiger partial charge in [0.15, 0.2) is 0 Å². The largest absolute Gasteiger partial charge is 0.248 e. The number of halogens is 3. The highest BCUT2D eigenvalue weighted by atomic mass is 127. The normalized spacial score (nSPS) is 12.0. The van der Waals surface area contributed by atoms with Crippen LogP contribution < -0.4 is 0 Å². The molecule has 0 radical (unpaired) electrons. The van der Waals surface area contributed by atoms with Crippen LogP contribution in [0.1, 0.15) is 238 Å². The Kier molecular flexibility index (Phi) is 40.3. The molecule has 0 saturated carbocycles. The molecule has 0 aromatic heterocycles. The van der Waals surface area contributed by atoms with E-state index in [0.717, 1.165) is 6.04 Å². The number of hydrogen-bond donors (Lipinski definition) is 0. The Balaban J connectivity index is 3.05. The van der Waals surface area contributed by atoms with Crippen molar-refractivity contribution >= 4 is 51.4 Å². The van der Waals surface area contributed by atoms with Crippen LogP contribution in [0.5, 0.6) is 0 Å². The zero-order valence-electron chi connectivity index (χ0n) is 30.2. The van der Waals surface area contributed by atoms with Crippen LogP contribution in [0, 0.1) is 0 Å². The van der Waals surface area contributed by atoms with Crippen LogP contribution in [0.25, 0.3) is 0 Å². The maximum atomic E-state index is 6.17. The zero-order valence-corrected chi connectivity index (χ0v) is 34.9. The van der Waals surface area contributed by atoms with E-state index in [9.17, 15) is 0 Å². The van der Waals surface area contributed by atoms with Crippen LogP contribution in [-0.4, -0.2) is 11.1 Å². The van der Waals surface area contributed by atoms with Crippen molar-refractivity contribution in [1.29, 1.82) is 0 Å². The smallest absolute Gasteiger partial charge is 0.146 e. The molecule has 0 nitrogen and oxygen atoms in total. The fourth-order valence-corrected chi connectivity index (χ4v) is 8.93. The van der Waals surface area contributed by atoms with Gasteiger partial charge in [0, 0.05) is 0 Å². The molecule has 0 amide bonds.